The number of carbonyl (C=O) groups is 3. The van der Waals surface area contributed by atoms with Gasteiger partial charge in [-0.3, -0.25) is 9.59 Å². The van der Waals surface area contributed by atoms with Gasteiger partial charge in [-0.25, -0.2) is 4.79 Å². The summed E-state index contributed by atoms with van der Waals surface area (Å²) in [7, 11) is 3.44. The molecule has 1 fully saturated rings. The highest BCUT2D eigenvalue weighted by Crippen LogP contribution is 2.28. The number of nitrogens with one attached hydrogen (secondary N) is 1. The molecule has 0 spiro atoms. The first kappa shape index (κ1) is 24.8. The first-order valence-electron chi connectivity index (χ1n) is 12.7. The van der Waals surface area contributed by atoms with Crippen LogP contribution in [0.15, 0.2) is 42.5 Å². The van der Waals surface area contributed by atoms with Crippen molar-refractivity contribution in [2.24, 2.45) is 0 Å². The number of carbonyl (C=O) groups excluding carboxylic acids is 3. The highest BCUT2D eigenvalue weighted by atomic mass is 16.2. The molecule has 186 valence electrons. The summed E-state index contributed by atoms with van der Waals surface area (Å²) in [5.41, 5.74) is 4.94. The van der Waals surface area contributed by atoms with E-state index >= 15 is 0 Å². The number of rotatable bonds is 5. The van der Waals surface area contributed by atoms with E-state index in [4.69, 9.17) is 0 Å². The largest absolute Gasteiger partial charge is 0.347 e. The fraction of sp³-hybridized carbons (Fsp3) is 0.464. The Bertz CT molecular complexity index is 1100. The molecule has 0 aliphatic carbocycles. The van der Waals surface area contributed by atoms with E-state index in [1.165, 1.54) is 5.56 Å². The Labute approximate surface area is 208 Å². The van der Waals surface area contributed by atoms with E-state index in [9.17, 15) is 14.4 Å². The van der Waals surface area contributed by atoms with Crippen molar-refractivity contribution in [2.75, 3.05) is 32.1 Å². The summed E-state index contributed by atoms with van der Waals surface area (Å²) in [4.78, 5) is 43.9. The Balaban J connectivity index is 1.47. The van der Waals surface area contributed by atoms with Crippen molar-refractivity contribution in [3.8, 4) is 0 Å². The number of amides is 4. The summed E-state index contributed by atoms with van der Waals surface area (Å²) in [6.07, 6.45) is 5.34. The lowest BCUT2D eigenvalue weighted by molar-refractivity contribution is -0.132. The van der Waals surface area contributed by atoms with Gasteiger partial charge in [0, 0.05) is 45.0 Å². The first-order valence-corrected chi connectivity index (χ1v) is 12.7. The topological polar surface area (TPSA) is 73.0 Å². The van der Waals surface area contributed by atoms with Crippen LogP contribution in [0.3, 0.4) is 0 Å². The van der Waals surface area contributed by atoms with Crippen LogP contribution in [-0.4, -0.2) is 60.9 Å². The van der Waals surface area contributed by atoms with E-state index in [1.54, 1.807) is 23.9 Å². The van der Waals surface area contributed by atoms with E-state index in [0.717, 1.165) is 55.5 Å². The average Bonchev–Trinajstić information content (AvgIpc) is 3.26. The monoisotopic (exact) mass is 476 g/mol. The molecule has 0 aromatic heterocycles. The third kappa shape index (κ3) is 5.34. The van der Waals surface area contributed by atoms with Crippen LogP contribution in [0, 0.1) is 0 Å². The molecule has 1 saturated heterocycles. The molecule has 1 N–H and O–H groups in total. The summed E-state index contributed by atoms with van der Waals surface area (Å²) >= 11 is 0. The van der Waals surface area contributed by atoms with E-state index in [0.29, 0.717) is 25.1 Å². The van der Waals surface area contributed by atoms with Crippen molar-refractivity contribution in [1.82, 2.24) is 15.1 Å². The van der Waals surface area contributed by atoms with Crippen molar-refractivity contribution in [2.45, 2.75) is 58.0 Å². The number of urea groups is 1. The lowest BCUT2D eigenvalue weighted by Gasteiger charge is -2.26. The van der Waals surface area contributed by atoms with Crippen LogP contribution in [0.25, 0.3) is 0 Å². The molecule has 0 unspecified atom stereocenters. The maximum Gasteiger partial charge on any atom is 0.318 e. The van der Waals surface area contributed by atoms with E-state index < -0.39 is 6.04 Å². The smallest absolute Gasteiger partial charge is 0.318 e. The predicted octanol–water partition coefficient (Wildman–Crippen LogP) is 3.99. The minimum atomic E-state index is -0.396. The number of nitrogens with zero attached hydrogens (tertiary/aromatic N) is 3. The molecule has 2 aliphatic rings. The van der Waals surface area contributed by atoms with Crippen molar-refractivity contribution >= 4 is 23.5 Å². The predicted molar refractivity (Wildman–Crippen MR) is 138 cm³/mol. The van der Waals surface area contributed by atoms with Gasteiger partial charge in [0.05, 0.1) is 0 Å². The van der Waals surface area contributed by atoms with Gasteiger partial charge in [-0.1, -0.05) is 31.2 Å². The SMILES string of the molecule is CCc1cc(C(=O)N2CCCCc3ccccc32)ccc1CNC(=O)N1CCC[C@H]1C(=O)N(C)C. The molecule has 2 heterocycles. The molecule has 2 aromatic rings. The van der Waals surface area contributed by atoms with E-state index in [1.807, 2.05) is 41.3 Å². The molecule has 0 saturated carbocycles. The minimum absolute atomic E-state index is 0.0201. The Kier molecular flexibility index (Phi) is 7.73. The molecule has 2 aromatic carbocycles. The van der Waals surface area contributed by atoms with Gasteiger partial charge in [-0.15, -0.1) is 0 Å². The second-order valence-corrected chi connectivity index (χ2v) is 9.62. The van der Waals surface area contributed by atoms with Crippen molar-refractivity contribution in [3.63, 3.8) is 0 Å². The minimum Gasteiger partial charge on any atom is -0.347 e. The lowest BCUT2D eigenvalue weighted by Crippen LogP contribution is -2.49. The van der Waals surface area contributed by atoms with Crippen LogP contribution in [0.5, 0.6) is 0 Å². The van der Waals surface area contributed by atoms with Crippen LogP contribution in [0.2, 0.25) is 0 Å². The number of hydrogen-bond donors (Lipinski definition) is 1. The maximum atomic E-state index is 13.5. The van der Waals surface area contributed by atoms with Gasteiger partial charge < -0.3 is 20.0 Å². The number of likely N-dealkylation sites (N-methyl/N-ethyl adjacent to an activating group) is 1. The molecular formula is C28H36N4O3. The first-order chi connectivity index (χ1) is 16.9. The molecule has 2 aliphatic heterocycles. The molecule has 4 amide bonds. The summed E-state index contributed by atoms with van der Waals surface area (Å²) in [5.74, 6) is -0.0170. The normalized spacial score (nSPS) is 17.5. The second-order valence-electron chi connectivity index (χ2n) is 9.62. The van der Waals surface area contributed by atoms with Crippen LogP contribution >= 0.6 is 0 Å². The third-order valence-electron chi connectivity index (χ3n) is 7.11. The number of likely N-dealkylation sites (tertiary alicyclic amines) is 1. The number of para-hydroxylation sites is 1. The Hall–Kier alpha value is -3.35. The number of aryl methyl sites for hydroxylation is 2. The van der Waals surface area contributed by atoms with Gasteiger partial charge in [0.15, 0.2) is 0 Å². The number of benzene rings is 2. The Morgan fingerprint density at radius 1 is 1.00 bits per heavy atom. The quantitative estimate of drug-likeness (QED) is 0.709. The van der Waals surface area contributed by atoms with Gasteiger partial charge >= 0.3 is 6.03 Å². The Morgan fingerprint density at radius 3 is 2.57 bits per heavy atom. The summed E-state index contributed by atoms with van der Waals surface area (Å²) in [6, 6.07) is 13.3. The van der Waals surface area contributed by atoms with Crippen molar-refractivity contribution in [3.05, 3.63) is 64.7 Å². The summed E-state index contributed by atoms with van der Waals surface area (Å²) in [5, 5.41) is 2.99. The zero-order chi connectivity index (χ0) is 24.9. The average molecular weight is 477 g/mol. The van der Waals surface area contributed by atoms with Crippen LogP contribution in [-0.2, 0) is 24.2 Å². The van der Waals surface area contributed by atoms with Crippen LogP contribution < -0.4 is 10.2 Å². The molecule has 4 rings (SSSR count). The van der Waals surface area contributed by atoms with E-state index in [-0.39, 0.29) is 17.8 Å². The highest BCUT2D eigenvalue weighted by molar-refractivity contribution is 6.06. The fourth-order valence-corrected chi connectivity index (χ4v) is 5.16. The molecule has 0 bridgehead atoms. The summed E-state index contributed by atoms with van der Waals surface area (Å²) < 4.78 is 0. The fourth-order valence-electron chi connectivity index (χ4n) is 5.16. The van der Waals surface area contributed by atoms with Crippen molar-refractivity contribution < 1.29 is 14.4 Å². The van der Waals surface area contributed by atoms with Gasteiger partial charge in [-0.05, 0) is 73.4 Å². The number of anilines is 1. The van der Waals surface area contributed by atoms with Crippen molar-refractivity contribution in [1.29, 1.82) is 0 Å². The maximum absolute atomic E-state index is 13.5. The van der Waals surface area contributed by atoms with Gasteiger partial charge in [-0.2, -0.15) is 0 Å². The second kappa shape index (κ2) is 10.9. The highest BCUT2D eigenvalue weighted by Gasteiger charge is 2.34. The lowest BCUT2D eigenvalue weighted by atomic mass is 10.0. The van der Waals surface area contributed by atoms with Gasteiger partial charge in [0.2, 0.25) is 5.91 Å². The van der Waals surface area contributed by atoms with Gasteiger partial charge in [0.1, 0.15) is 6.04 Å². The Morgan fingerprint density at radius 2 is 1.80 bits per heavy atom. The standard InChI is InChI=1S/C28H36N4O3/c1-4-20-18-22(26(33)31-16-8-7-11-21-10-5-6-12-24(21)31)14-15-23(20)19-29-28(35)32-17-9-13-25(32)27(34)30(2)3/h5-6,10,12,14-15,18,25H,4,7-9,11,13,16-17,19H2,1-3H3,(H,29,35)/t25-/m0/s1. The van der Waals surface area contributed by atoms with Gasteiger partial charge in [0.25, 0.3) is 5.91 Å². The van der Waals surface area contributed by atoms with Crippen LogP contribution in [0.1, 0.15) is 59.7 Å². The van der Waals surface area contributed by atoms with Crippen LogP contribution in [0.4, 0.5) is 10.5 Å². The third-order valence-corrected chi connectivity index (χ3v) is 7.11. The number of fused-ring (bicyclic) bond motifs is 1. The molecule has 1 atom stereocenters. The zero-order valence-electron chi connectivity index (χ0n) is 21.0. The molecule has 0 radical (unpaired) electrons. The molecule has 7 heteroatoms. The molecular weight excluding hydrogens is 440 g/mol. The van der Waals surface area contributed by atoms with E-state index in [2.05, 4.69) is 18.3 Å². The molecule has 35 heavy (non-hydrogen) atoms. The number of hydrogen-bond acceptors (Lipinski definition) is 3. The summed E-state index contributed by atoms with van der Waals surface area (Å²) in [6.45, 7) is 3.73. The molecule has 7 nitrogen and oxygen atoms in total. The zero-order valence-corrected chi connectivity index (χ0v) is 21.0.